The number of hydrogen-bond donors (Lipinski definition) is 0. The summed E-state index contributed by atoms with van der Waals surface area (Å²) in [5, 5.41) is -0.0419. The lowest BCUT2D eigenvalue weighted by molar-refractivity contribution is -0.129. The highest BCUT2D eigenvalue weighted by Gasteiger charge is 2.57. The number of nitrogens with zero attached hydrogens (tertiary/aromatic N) is 2. The number of likely N-dealkylation sites (N-methyl/N-ethyl adjacent to an activating group) is 1. The monoisotopic (exact) mass is 530 g/mol. The maximum atomic E-state index is 13.7. The number of fused-ring (bicyclic) bond motifs is 1. The fraction of sp³-hybridized carbons (Fsp3) is 0.406. The van der Waals surface area contributed by atoms with Gasteiger partial charge in [0, 0.05) is 36.4 Å². The highest BCUT2D eigenvalue weighted by Crippen LogP contribution is 2.51. The second-order valence-electron chi connectivity index (χ2n) is 11.0. The first-order valence-corrected chi connectivity index (χ1v) is 14.9. The van der Waals surface area contributed by atoms with Crippen LogP contribution in [0.2, 0.25) is 0 Å². The molecule has 0 N–H and O–H groups in total. The zero-order chi connectivity index (χ0) is 26.7. The van der Waals surface area contributed by atoms with Crippen LogP contribution in [0.15, 0.2) is 84.9 Å². The normalized spacial score (nSPS) is 23.2. The molecule has 0 spiro atoms. The summed E-state index contributed by atoms with van der Waals surface area (Å²) in [6.45, 7) is 3.99. The van der Waals surface area contributed by atoms with E-state index >= 15 is 0 Å². The molecule has 2 fully saturated rings. The van der Waals surface area contributed by atoms with Crippen LogP contribution in [-0.4, -0.2) is 71.1 Å². The standard InChI is InChI=1S/C32H38N2O3S/c1-24(21-33(2)3)37-29-17-11-10-12-25(29)20-31(35)34-22-28-30(23-34)38(36)19-18-32(28,26-13-6-4-7-14-26)27-15-8-5-9-16-27/h4-17,24,28,30H,18-23H2,1-3H3. The van der Waals surface area contributed by atoms with Crippen molar-refractivity contribution in [3.05, 3.63) is 102 Å². The predicted molar refractivity (Wildman–Crippen MR) is 154 cm³/mol. The van der Waals surface area contributed by atoms with Crippen LogP contribution in [0.25, 0.3) is 0 Å². The van der Waals surface area contributed by atoms with Crippen molar-refractivity contribution in [2.24, 2.45) is 5.92 Å². The molecule has 5 nitrogen and oxygen atoms in total. The number of likely N-dealkylation sites (tertiary alicyclic amines) is 1. The summed E-state index contributed by atoms with van der Waals surface area (Å²) in [5.74, 6) is 1.58. The van der Waals surface area contributed by atoms with Gasteiger partial charge in [-0.25, -0.2) is 0 Å². The van der Waals surface area contributed by atoms with E-state index in [2.05, 4.69) is 53.4 Å². The number of benzene rings is 3. The van der Waals surface area contributed by atoms with Crippen LogP contribution < -0.4 is 4.74 Å². The van der Waals surface area contributed by atoms with Gasteiger partial charge < -0.3 is 19.1 Å². The number of carbonyl (C=O) groups excluding carboxylic acids is 1. The molecule has 3 aromatic rings. The molecule has 2 saturated heterocycles. The van der Waals surface area contributed by atoms with Gasteiger partial charge in [-0.3, -0.25) is 4.79 Å². The smallest absolute Gasteiger partial charge is 0.227 e. The van der Waals surface area contributed by atoms with Crippen molar-refractivity contribution in [2.75, 3.05) is 39.5 Å². The third-order valence-corrected chi connectivity index (χ3v) is 9.89. The number of ether oxygens (including phenoxy) is 1. The van der Waals surface area contributed by atoms with E-state index < -0.39 is 11.2 Å². The molecule has 6 heteroatoms. The molecule has 1 amide bonds. The Bertz CT molecular complexity index is 1180. The molecule has 2 heterocycles. The van der Waals surface area contributed by atoms with Gasteiger partial charge in [0.25, 0.3) is 0 Å². The Morgan fingerprint density at radius 3 is 2.24 bits per heavy atom. The maximum absolute atomic E-state index is 13.7. The van der Waals surface area contributed by atoms with Gasteiger partial charge in [0.05, 0.1) is 13.0 Å². The summed E-state index contributed by atoms with van der Waals surface area (Å²) in [6, 6.07) is 29.1. The summed E-state index contributed by atoms with van der Waals surface area (Å²) >= 11 is -0.965. The van der Waals surface area contributed by atoms with Crippen molar-refractivity contribution in [2.45, 2.75) is 36.5 Å². The summed E-state index contributed by atoms with van der Waals surface area (Å²) < 4.78 is 19.6. The van der Waals surface area contributed by atoms with Crippen molar-refractivity contribution in [1.82, 2.24) is 9.80 Å². The molecule has 200 valence electrons. The minimum Gasteiger partial charge on any atom is -0.616 e. The van der Waals surface area contributed by atoms with Gasteiger partial charge in [0.15, 0.2) is 0 Å². The number of rotatable bonds is 8. The number of para-hydroxylation sites is 1. The third kappa shape index (κ3) is 5.35. The Balaban J connectivity index is 1.41. The Labute approximate surface area is 230 Å². The fourth-order valence-corrected chi connectivity index (χ4v) is 8.33. The summed E-state index contributed by atoms with van der Waals surface area (Å²) in [4.78, 5) is 17.8. The van der Waals surface area contributed by atoms with Crippen molar-refractivity contribution < 1.29 is 14.1 Å². The molecule has 3 aromatic carbocycles. The number of hydrogen-bond acceptors (Lipinski definition) is 4. The molecule has 2 aliphatic rings. The summed E-state index contributed by atoms with van der Waals surface area (Å²) in [6.07, 6.45) is 1.11. The lowest BCUT2D eigenvalue weighted by Gasteiger charge is -2.46. The van der Waals surface area contributed by atoms with Crippen molar-refractivity contribution in [3.8, 4) is 5.75 Å². The first-order valence-electron chi connectivity index (χ1n) is 13.5. The van der Waals surface area contributed by atoms with E-state index in [1.807, 2.05) is 62.3 Å². The molecule has 0 radical (unpaired) electrons. The highest BCUT2D eigenvalue weighted by atomic mass is 32.2. The first kappa shape index (κ1) is 26.8. The quantitative estimate of drug-likeness (QED) is 0.402. The molecule has 0 bridgehead atoms. The average molecular weight is 531 g/mol. The van der Waals surface area contributed by atoms with E-state index in [-0.39, 0.29) is 35.0 Å². The zero-order valence-electron chi connectivity index (χ0n) is 22.6. The Hall–Kier alpha value is -2.80. The minimum atomic E-state index is -0.965. The largest absolute Gasteiger partial charge is 0.616 e. The zero-order valence-corrected chi connectivity index (χ0v) is 23.4. The van der Waals surface area contributed by atoms with Crippen molar-refractivity contribution in [1.29, 1.82) is 0 Å². The van der Waals surface area contributed by atoms with E-state index in [1.54, 1.807) is 0 Å². The van der Waals surface area contributed by atoms with Crippen LogP contribution in [0.4, 0.5) is 0 Å². The van der Waals surface area contributed by atoms with Gasteiger partial charge in [0.1, 0.15) is 22.9 Å². The lowest BCUT2D eigenvalue weighted by Crippen LogP contribution is -2.51. The van der Waals surface area contributed by atoms with Gasteiger partial charge >= 0.3 is 0 Å². The van der Waals surface area contributed by atoms with Gasteiger partial charge in [-0.15, -0.1) is 0 Å². The topological polar surface area (TPSA) is 55.8 Å². The van der Waals surface area contributed by atoms with E-state index in [0.717, 1.165) is 24.3 Å². The molecular formula is C32H38N2O3S. The second kappa shape index (κ2) is 11.5. The number of carbonyl (C=O) groups is 1. The fourth-order valence-electron chi connectivity index (χ4n) is 6.48. The van der Waals surface area contributed by atoms with E-state index in [9.17, 15) is 9.35 Å². The van der Waals surface area contributed by atoms with E-state index in [1.165, 1.54) is 11.1 Å². The molecule has 5 rings (SSSR count). The molecular weight excluding hydrogens is 492 g/mol. The molecule has 0 aromatic heterocycles. The SMILES string of the molecule is CC(CN(C)C)Oc1ccccc1CC(=O)N1CC2C(C1)C(c1ccccc1)(c1ccccc1)CC[S+]2[O-]. The Morgan fingerprint density at radius 2 is 1.61 bits per heavy atom. The van der Waals surface area contributed by atoms with Crippen molar-refractivity contribution >= 4 is 17.1 Å². The lowest BCUT2D eigenvalue weighted by atomic mass is 9.63. The summed E-state index contributed by atoms with van der Waals surface area (Å²) in [5.41, 5.74) is 3.14. The second-order valence-corrected chi connectivity index (χ2v) is 12.7. The van der Waals surface area contributed by atoms with Gasteiger partial charge in [0.2, 0.25) is 5.91 Å². The maximum Gasteiger partial charge on any atom is 0.227 e. The molecule has 2 aliphatic heterocycles. The molecule has 4 unspecified atom stereocenters. The van der Waals surface area contributed by atoms with Crippen LogP contribution in [0.5, 0.6) is 5.75 Å². The van der Waals surface area contributed by atoms with Gasteiger partial charge in [-0.05, 0) is 49.4 Å². The van der Waals surface area contributed by atoms with Crippen LogP contribution in [0.3, 0.4) is 0 Å². The van der Waals surface area contributed by atoms with Gasteiger partial charge in [-0.2, -0.15) is 0 Å². The van der Waals surface area contributed by atoms with Crippen molar-refractivity contribution in [3.63, 3.8) is 0 Å². The highest BCUT2D eigenvalue weighted by molar-refractivity contribution is 7.92. The Kier molecular flexibility index (Phi) is 8.12. The first-order chi connectivity index (χ1) is 18.4. The van der Waals surface area contributed by atoms with Crippen LogP contribution in [0.1, 0.15) is 30.0 Å². The molecule has 4 atom stereocenters. The minimum absolute atomic E-state index is 0.00990. The van der Waals surface area contributed by atoms with Crippen LogP contribution >= 0.6 is 0 Å². The predicted octanol–water partition coefficient (Wildman–Crippen LogP) is 4.52. The van der Waals surface area contributed by atoms with Crippen LogP contribution in [0, 0.1) is 5.92 Å². The molecule has 38 heavy (non-hydrogen) atoms. The van der Waals surface area contributed by atoms with E-state index in [0.29, 0.717) is 18.8 Å². The van der Waals surface area contributed by atoms with E-state index in [4.69, 9.17) is 4.74 Å². The van der Waals surface area contributed by atoms with Gasteiger partial charge in [-0.1, -0.05) is 78.9 Å². The summed E-state index contributed by atoms with van der Waals surface area (Å²) in [7, 11) is 4.05. The average Bonchev–Trinajstić information content (AvgIpc) is 3.38. The Morgan fingerprint density at radius 1 is 1.00 bits per heavy atom. The number of amides is 1. The molecule has 0 aliphatic carbocycles. The molecule has 0 saturated carbocycles. The van der Waals surface area contributed by atoms with Crippen LogP contribution in [-0.2, 0) is 27.8 Å². The third-order valence-electron chi connectivity index (χ3n) is 8.13.